The summed E-state index contributed by atoms with van der Waals surface area (Å²) in [6.45, 7) is 3.87. The van der Waals surface area contributed by atoms with Crippen LogP contribution in [0.1, 0.15) is 18.9 Å². The summed E-state index contributed by atoms with van der Waals surface area (Å²) in [5.41, 5.74) is 0.787. The van der Waals surface area contributed by atoms with Crippen molar-refractivity contribution in [3.8, 4) is 5.75 Å². The van der Waals surface area contributed by atoms with Crippen LogP contribution in [0.4, 0.5) is 9.59 Å². The van der Waals surface area contributed by atoms with Gasteiger partial charge < -0.3 is 9.47 Å². The predicted molar refractivity (Wildman–Crippen MR) is 63.7 cm³/mol. The Morgan fingerprint density at radius 1 is 1.17 bits per heavy atom. The first kappa shape index (κ1) is 13.8. The van der Waals surface area contributed by atoms with Crippen LogP contribution in [0, 0.1) is 6.92 Å². The molecule has 0 aliphatic heterocycles. The number of nitrogens with zero attached hydrogens (tertiary/aromatic N) is 2. The molecule has 0 saturated heterocycles. The summed E-state index contributed by atoms with van der Waals surface area (Å²) in [5.74, 6) is 0.378. The standard InChI is InChI=1S/C12H14N2O4/c1-3-8-17-11(15)13-14-12(16)18-10-7-5-4-6-9(10)2/h4-7H,3,8H2,1-2H3/b14-13+. The van der Waals surface area contributed by atoms with Gasteiger partial charge in [0.25, 0.3) is 0 Å². The van der Waals surface area contributed by atoms with Crippen molar-refractivity contribution in [1.82, 2.24) is 0 Å². The predicted octanol–water partition coefficient (Wildman–Crippen LogP) is 3.49. The van der Waals surface area contributed by atoms with Gasteiger partial charge in [-0.15, -0.1) is 0 Å². The summed E-state index contributed by atoms with van der Waals surface area (Å²) in [4.78, 5) is 22.2. The first-order chi connectivity index (χ1) is 8.63. The molecule has 6 heteroatoms. The number of rotatable bonds is 3. The van der Waals surface area contributed by atoms with E-state index in [1.54, 1.807) is 25.1 Å². The number of amides is 2. The Morgan fingerprint density at radius 2 is 1.83 bits per heavy atom. The second-order valence-corrected chi connectivity index (χ2v) is 3.45. The highest BCUT2D eigenvalue weighted by atomic mass is 16.6. The third-order valence-corrected chi connectivity index (χ3v) is 1.93. The van der Waals surface area contributed by atoms with E-state index >= 15 is 0 Å². The number of carbonyl (C=O) groups excluding carboxylic acids is 2. The number of aryl methyl sites for hydroxylation is 1. The lowest BCUT2D eigenvalue weighted by atomic mass is 10.2. The molecule has 96 valence electrons. The number of benzene rings is 1. The van der Waals surface area contributed by atoms with Crippen molar-refractivity contribution in [1.29, 1.82) is 0 Å². The van der Waals surface area contributed by atoms with Gasteiger partial charge in [0.05, 0.1) is 6.61 Å². The fourth-order valence-electron chi connectivity index (χ4n) is 1.09. The lowest BCUT2D eigenvalue weighted by Gasteiger charge is -2.02. The van der Waals surface area contributed by atoms with Gasteiger partial charge in [0.1, 0.15) is 5.75 Å². The summed E-state index contributed by atoms with van der Waals surface area (Å²) >= 11 is 0. The molecule has 0 fully saturated rings. The van der Waals surface area contributed by atoms with Crippen LogP contribution in [0.5, 0.6) is 5.75 Å². The normalized spacial score (nSPS) is 10.3. The van der Waals surface area contributed by atoms with Crippen LogP contribution in [0.25, 0.3) is 0 Å². The molecule has 1 aromatic carbocycles. The smallest absolute Gasteiger partial charge is 0.447 e. The van der Waals surface area contributed by atoms with E-state index in [9.17, 15) is 9.59 Å². The van der Waals surface area contributed by atoms with Gasteiger partial charge in [-0.2, -0.15) is 0 Å². The zero-order chi connectivity index (χ0) is 13.4. The molecule has 6 nitrogen and oxygen atoms in total. The number of carbonyl (C=O) groups is 2. The highest BCUT2D eigenvalue weighted by Gasteiger charge is 2.06. The van der Waals surface area contributed by atoms with Gasteiger partial charge in [0.15, 0.2) is 0 Å². The maximum atomic E-state index is 11.3. The zero-order valence-electron chi connectivity index (χ0n) is 10.3. The van der Waals surface area contributed by atoms with Crippen molar-refractivity contribution < 1.29 is 19.1 Å². The van der Waals surface area contributed by atoms with Crippen LogP contribution in [-0.4, -0.2) is 18.8 Å². The molecule has 0 radical (unpaired) electrons. The van der Waals surface area contributed by atoms with Crippen LogP contribution in [-0.2, 0) is 4.74 Å². The van der Waals surface area contributed by atoms with Gasteiger partial charge in [-0.1, -0.05) is 35.4 Å². The first-order valence-corrected chi connectivity index (χ1v) is 5.49. The molecule has 0 heterocycles. The van der Waals surface area contributed by atoms with Crippen molar-refractivity contribution >= 4 is 12.2 Å². The van der Waals surface area contributed by atoms with Crippen molar-refractivity contribution in [2.45, 2.75) is 20.3 Å². The summed E-state index contributed by atoms with van der Waals surface area (Å²) in [6.07, 6.45) is -1.19. The monoisotopic (exact) mass is 250 g/mol. The second kappa shape index (κ2) is 7.16. The van der Waals surface area contributed by atoms with Crippen LogP contribution >= 0.6 is 0 Å². The molecule has 0 saturated carbocycles. The van der Waals surface area contributed by atoms with E-state index in [1.165, 1.54) is 0 Å². The largest absolute Gasteiger partial charge is 0.458 e. The molecular weight excluding hydrogens is 236 g/mol. The van der Waals surface area contributed by atoms with E-state index in [-0.39, 0.29) is 6.61 Å². The first-order valence-electron chi connectivity index (χ1n) is 5.49. The molecule has 1 aromatic rings. The average molecular weight is 250 g/mol. The highest BCUT2D eigenvalue weighted by molar-refractivity contribution is 5.74. The Balaban J connectivity index is 2.49. The van der Waals surface area contributed by atoms with E-state index in [0.29, 0.717) is 12.2 Å². The van der Waals surface area contributed by atoms with Crippen LogP contribution < -0.4 is 4.74 Å². The minimum absolute atomic E-state index is 0.241. The minimum Gasteiger partial charge on any atom is -0.447 e. The van der Waals surface area contributed by atoms with Gasteiger partial charge in [0.2, 0.25) is 0 Å². The number of azo groups is 1. The van der Waals surface area contributed by atoms with Crippen molar-refractivity contribution in [2.24, 2.45) is 10.2 Å². The molecule has 0 aliphatic carbocycles. The van der Waals surface area contributed by atoms with Gasteiger partial charge in [0, 0.05) is 0 Å². The molecule has 18 heavy (non-hydrogen) atoms. The quantitative estimate of drug-likeness (QED) is 0.769. The lowest BCUT2D eigenvalue weighted by Crippen LogP contribution is -2.04. The Morgan fingerprint density at radius 3 is 2.50 bits per heavy atom. The summed E-state index contributed by atoms with van der Waals surface area (Å²) < 4.78 is 9.50. The Bertz CT molecular complexity index is 457. The second-order valence-electron chi connectivity index (χ2n) is 3.45. The highest BCUT2D eigenvalue weighted by Crippen LogP contribution is 2.16. The van der Waals surface area contributed by atoms with Crippen molar-refractivity contribution in [2.75, 3.05) is 6.61 Å². The Hall–Kier alpha value is -2.24. The Kier molecular flexibility index (Phi) is 5.50. The summed E-state index contributed by atoms with van der Waals surface area (Å²) in [6, 6.07) is 6.95. The van der Waals surface area contributed by atoms with Crippen molar-refractivity contribution in [3.63, 3.8) is 0 Å². The van der Waals surface area contributed by atoms with Gasteiger partial charge in [-0.3, -0.25) is 0 Å². The molecule has 0 unspecified atom stereocenters. The van der Waals surface area contributed by atoms with Gasteiger partial charge >= 0.3 is 12.2 Å². The van der Waals surface area contributed by atoms with Crippen molar-refractivity contribution in [3.05, 3.63) is 29.8 Å². The van der Waals surface area contributed by atoms with E-state index < -0.39 is 12.2 Å². The zero-order valence-corrected chi connectivity index (χ0v) is 10.3. The summed E-state index contributed by atoms with van der Waals surface area (Å²) in [5, 5.41) is 6.18. The van der Waals surface area contributed by atoms with Crippen LogP contribution in [0.3, 0.4) is 0 Å². The molecule has 2 amide bonds. The minimum atomic E-state index is -0.960. The van der Waals surface area contributed by atoms with Crippen LogP contribution in [0.2, 0.25) is 0 Å². The van der Waals surface area contributed by atoms with Crippen LogP contribution in [0.15, 0.2) is 34.5 Å². The maximum Gasteiger partial charge on any atom is 0.458 e. The fraction of sp³-hybridized carbons (Fsp3) is 0.333. The molecule has 0 bridgehead atoms. The molecule has 0 aromatic heterocycles. The number of ether oxygens (including phenoxy) is 2. The lowest BCUT2D eigenvalue weighted by molar-refractivity contribution is 0.154. The van der Waals surface area contributed by atoms with E-state index in [1.807, 2.05) is 13.0 Å². The number of para-hydroxylation sites is 1. The van der Waals surface area contributed by atoms with E-state index in [2.05, 4.69) is 15.0 Å². The number of hydrogen-bond donors (Lipinski definition) is 0. The SMILES string of the molecule is CCCOC(=O)/N=N/C(=O)Oc1ccccc1C. The molecular formula is C12H14N2O4. The number of hydrogen-bond acceptors (Lipinski definition) is 4. The molecule has 1 rings (SSSR count). The maximum absolute atomic E-state index is 11.3. The summed E-state index contributed by atoms with van der Waals surface area (Å²) in [7, 11) is 0. The molecule has 0 spiro atoms. The van der Waals surface area contributed by atoms with E-state index in [0.717, 1.165) is 5.56 Å². The van der Waals surface area contributed by atoms with E-state index in [4.69, 9.17) is 4.74 Å². The topological polar surface area (TPSA) is 77.3 Å². The Labute approximate surface area is 105 Å². The fourth-order valence-corrected chi connectivity index (χ4v) is 1.09. The molecule has 0 aliphatic rings. The third kappa shape index (κ3) is 4.73. The molecule has 0 N–H and O–H groups in total. The molecule has 0 atom stereocenters. The van der Waals surface area contributed by atoms with Gasteiger partial charge in [-0.25, -0.2) is 9.59 Å². The van der Waals surface area contributed by atoms with Gasteiger partial charge in [-0.05, 0) is 25.0 Å². The third-order valence-electron chi connectivity index (χ3n) is 1.93. The average Bonchev–Trinajstić information content (AvgIpc) is 2.36.